The molecule has 0 aromatic heterocycles. The Hall–Kier alpha value is -1.99. The van der Waals surface area contributed by atoms with Gasteiger partial charge in [-0.2, -0.15) is 0 Å². The lowest BCUT2D eigenvalue weighted by Gasteiger charge is -2.38. The van der Waals surface area contributed by atoms with E-state index in [1.807, 2.05) is 23.1 Å². The molecule has 0 unspecified atom stereocenters. The third kappa shape index (κ3) is 3.26. The quantitative estimate of drug-likeness (QED) is 0.878. The molecular formula is C18H24N2O5. The predicted molar refractivity (Wildman–Crippen MR) is 90.0 cm³/mol. The average Bonchev–Trinajstić information content (AvgIpc) is 3.09. The molecule has 1 aromatic carbocycles. The molecular weight excluding hydrogens is 324 g/mol. The van der Waals surface area contributed by atoms with Gasteiger partial charge in [0.25, 0.3) is 0 Å². The molecule has 7 heteroatoms. The van der Waals surface area contributed by atoms with E-state index in [1.165, 1.54) is 0 Å². The lowest BCUT2D eigenvalue weighted by molar-refractivity contribution is -0.181. The van der Waals surface area contributed by atoms with Gasteiger partial charge in [0.2, 0.25) is 0 Å². The molecule has 25 heavy (non-hydrogen) atoms. The number of likely N-dealkylation sites (tertiary alicyclic amines) is 1. The minimum Gasteiger partial charge on any atom is -0.493 e. The Morgan fingerprint density at radius 3 is 2.76 bits per heavy atom. The first-order valence-electron chi connectivity index (χ1n) is 8.81. The minimum atomic E-state index is -0.458. The standard InChI is InChI=1S/C18H24N2O5/c1-22-15-4-2-3-13-11-14(12-23-16(13)15)19-17(21)20-7-5-18(6-8-20)24-9-10-25-18/h2-4,14H,5-12H2,1H3,(H,19,21)/t14-/m1/s1. The summed E-state index contributed by atoms with van der Waals surface area (Å²) in [6.07, 6.45) is 2.19. The maximum Gasteiger partial charge on any atom is 0.317 e. The Morgan fingerprint density at radius 1 is 1.28 bits per heavy atom. The predicted octanol–water partition coefficient (Wildman–Crippen LogP) is 1.55. The normalized spacial score (nSPS) is 24.5. The van der Waals surface area contributed by atoms with Gasteiger partial charge in [-0.25, -0.2) is 4.79 Å². The molecule has 136 valence electrons. The Labute approximate surface area is 147 Å². The first-order chi connectivity index (χ1) is 12.2. The van der Waals surface area contributed by atoms with Crippen molar-refractivity contribution in [1.29, 1.82) is 0 Å². The lowest BCUT2D eigenvalue weighted by atomic mass is 10.0. The summed E-state index contributed by atoms with van der Waals surface area (Å²) >= 11 is 0. The third-order valence-corrected chi connectivity index (χ3v) is 5.13. The highest BCUT2D eigenvalue weighted by Crippen LogP contribution is 2.35. The van der Waals surface area contributed by atoms with Crippen molar-refractivity contribution in [2.24, 2.45) is 0 Å². The Morgan fingerprint density at radius 2 is 2.04 bits per heavy atom. The van der Waals surface area contributed by atoms with Crippen LogP contribution in [0.15, 0.2) is 18.2 Å². The van der Waals surface area contributed by atoms with Crippen LogP contribution in [0.1, 0.15) is 18.4 Å². The van der Waals surface area contributed by atoms with Crippen molar-refractivity contribution in [3.63, 3.8) is 0 Å². The lowest BCUT2D eigenvalue weighted by Crippen LogP contribution is -2.53. The van der Waals surface area contributed by atoms with Crippen molar-refractivity contribution in [3.8, 4) is 11.5 Å². The first-order valence-corrected chi connectivity index (χ1v) is 8.81. The summed E-state index contributed by atoms with van der Waals surface area (Å²) in [4.78, 5) is 14.4. The fraction of sp³-hybridized carbons (Fsp3) is 0.611. The second kappa shape index (κ2) is 6.72. The van der Waals surface area contributed by atoms with Gasteiger partial charge in [0.1, 0.15) is 6.61 Å². The zero-order valence-electron chi connectivity index (χ0n) is 14.5. The van der Waals surface area contributed by atoms with Crippen molar-refractivity contribution in [3.05, 3.63) is 23.8 Å². The maximum atomic E-state index is 12.6. The maximum absolute atomic E-state index is 12.6. The van der Waals surface area contributed by atoms with Gasteiger partial charge in [-0.05, 0) is 12.5 Å². The number of nitrogens with zero attached hydrogens (tertiary/aromatic N) is 1. The molecule has 1 atom stereocenters. The van der Waals surface area contributed by atoms with Crippen molar-refractivity contribution < 1.29 is 23.7 Å². The molecule has 0 saturated carbocycles. The summed E-state index contributed by atoms with van der Waals surface area (Å²) in [5.74, 6) is 1.06. The molecule has 3 aliphatic heterocycles. The van der Waals surface area contributed by atoms with Crippen LogP contribution in [0.4, 0.5) is 4.79 Å². The number of para-hydroxylation sites is 1. The van der Waals surface area contributed by atoms with E-state index in [1.54, 1.807) is 7.11 Å². The second-order valence-electron chi connectivity index (χ2n) is 6.70. The van der Waals surface area contributed by atoms with Crippen molar-refractivity contribution in [2.75, 3.05) is 40.0 Å². The SMILES string of the molecule is COc1cccc2c1OC[C@H](NC(=O)N1CCC3(CC1)OCCO3)C2. The van der Waals surface area contributed by atoms with E-state index in [9.17, 15) is 4.79 Å². The monoisotopic (exact) mass is 348 g/mol. The molecule has 2 amide bonds. The highest BCUT2D eigenvalue weighted by atomic mass is 16.7. The summed E-state index contributed by atoms with van der Waals surface area (Å²) in [6, 6.07) is 5.75. The Bertz CT molecular complexity index is 634. The van der Waals surface area contributed by atoms with Gasteiger partial charge in [0.15, 0.2) is 17.3 Å². The first kappa shape index (κ1) is 16.5. The number of fused-ring (bicyclic) bond motifs is 1. The van der Waals surface area contributed by atoms with Crippen LogP contribution in [-0.4, -0.2) is 62.8 Å². The number of hydrogen-bond acceptors (Lipinski definition) is 5. The van der Waals surface area contributed by atoms with Crippen molar-refractivity contribution >= 4 is 6.03 Å². The zero-order valence-corrected chi connectivity index (χ0v) is 14.5. The number of hydrogen-bond donors (Lipinski definition) is 1. The molecule has 2 saturated heterocycles. The highest BCUT2D eigenvalue weighted by Gasteiger charge is 2.41. The average molecular weight is 348 g/mol. The van der Waals surface area contributed by atoms with E-state index < -0.39 is 5.79 Å². The molecule has 1 N–H and O–H groups in total. The summed E-state index contributed by atoms with van der Waals surface area (Å²) in [7, 11) is 1.63. The van der Waals surface area contributed by atoms with Crippen LogP contribution in [0.3, 0.4) is 0 Å². The molecule has 4 rings (SSSR count). The van der Waals surface area contributed by atoms with Gasteiger partial charge in [-0.15, -0.1) is 0 Å². The molecule has 1 aromatic rings. The molecule has 1 spiro atoms. The summed E-state index contributed by atoms with van der Waals surface area (Å²) < 4.78 is 22.6. The van der Waals surface area contributed by atoms with E-state index in [2.05, 4.69) is 5.32 Å². The number of piperidine rings is 1. The van der Waals surface area contributed by atoms with Crippen molar-refractivity contribution in [2.45, 2.75) is 31.1 Å². The topological polar surface area (TPSA) is 69.3 Å². The van der Waals surface area contributed by atoms with Gasteiger partial charge < -0.3 is 29.2 Å². The van der Waals surface area contributed by atoms with Gasteiger partial charge in [-0.1, -0.05) is 12.1 Å². The van der Waals surface area contributed by atoms with E-state index in [0.29, 0.717) is 32.9 Å². The van der Waals surface area contributed by atoms with Gasteiger partial charge in [0, 0.05) is 31.5 Å². The van der Waals surface area contributed by atoms with Gasteiger partial charge >= 0.3 is 6.03 Å². The number of urea groups is 1. The number of ether oxygens (including phenoxy) is 4. The largest absolute Gasteiger partial charge is 0.493 e. The van der Waals surface area contributed by atoms with Crippen LogP contribution in [0.5, 0.6) is 11.5 Å². The van der Waals surface area contributed by atoms with E-state index in [-0.39, 0.29) is 12.1 Å². The van der Waals surface area contributed by atoms with Gasteiger partial charge in [-0.3, -0.25) is 0 Å². The summed E-state index contributed by atoms with van der Waals surface area (Å²) in [5, 5.41) is 3.09. The molecule has 7 nitrogen and oxygen atoms in total. The number of methoxy groups -OCH3 is 1. The van der Waals surface area contributed by atoms with Crippen LogP contribution >= 0.6 is 0 Å². The Balaban J connectivity index is 1.33. The summed E-state index contributed by atoms with van der Waals surface area (Å²) in [5.41, 5.74) is 1.06. The zero-order chi connectivity index (χ0) is 17.3. The summed E-state index contributed by atoms with van der Waals surface area (Å²) in [6.45, 7) is 3.03. The van der Waals surface area contributed by atoms with Crippen LogP contribution in [0, 0.1) is 0 Å². The molecule has 0 bridgehead atoms. The molecule has 3 heterocycles. The van der Waals surface area contributed by atoms with Crippen LogP contribution < -0.4 is 14.8 Å². The highest BCUT2D eigenvalue weighted by molar-refractivity contribution is 5.74. The van der Waals surface area contributed by atoms with E-state index >= 15 is 0 Å². The van der Waals surface area contributed by atoms with Crippen molar-refractivity contribution in [1.82, 2.24) is 10.2 Å². The fourth-order valence-corrected chi connectivity index (χ4v) is 3.75. The molecule has 0 aliphatic carbocycles. The molecule has 0 radical (unpaired) electrons. The number of carbonyl (C=O) groups excluding carboxylic acids is 1. The molecule has 3 aliphatic rings. The second-order valence-corrected chi connectivity index (χ2v) is 6.70. The van der Waals surface area contributed by atoms with Crippen LogP contribution in [0.25, 0.3) is 0 Å². The number of carbonyl (C=O) groups is 1. The third-order valence-electron chi connectivity index (χ3n) is 5.13. The van der Waals surface area contributed by atoms with E-state index in [0.717, 1.165) is 36.3 Å². The minimum absolute atomic E-state index is 0.0398. The number of nitrogens with one attached hydrogen (secondary N) is 1. The van der Waals surface area contributed by atoms with Gasteiger partial charge in [0.05, 0.1) is 26.4 Å². The van der Waals surface area contributed by atoms with Crippen LogP contribution in [0.2, 0.25) is 0 Å². The smallest absolute Gasteiger partial charge is 0.317 e. The number of rotatable bonds is 2. The molecule has 2 fully saturated rings. The fourth-order valence-electron chi connectivity index (χ4n) is 3.75. The van der Waals surface area contributed by atoms with Crippen LogP contribution in [-0.2, 0) is 15.9 Å². The Kier molecular flexibility index (Phi) is 4.43. The number of benzene rings is 1. The number of amides is 2. The van der Waals surface area contributed by atoms with E-state index in [4.69, 9.17) is 18.9 Å².